The standard InChI is InChI=1S/C24H30F4O5S/c1-5-22(26,24(28,7-3)33-23(27,6-2)19(4,25)34(29,30)31)9-8-10-32-15-20-11-16-12-21(18(16)20)14-17(21)13-20/h2,5,7,16-18H,1,3,8-15H2,4H3,(H,29,30,31). The Bertz CT molecular complexity index is 1040. The molecule has 0 heterocycles. The number of ether oxygens (including phenoxy) is 2. The molecular formula is C24H30F4O5S. The second kappa shape index (κ2) is 7.55. The zero-order valence-corrected chi connectivity index (χ0v) is 19.9. The quantitative estimate of drug-likeness (QED) is 0.127. The summed E-state index contributed by atoms with van der Waals surface area (Å²) in [6.07, 6.45) is 9.86. The molecule has 9 atom stereocenters. The summed E-state index contributed by atoms with van der Waals surface area (Å²) in [5.74, 6) is -4.83. The first kappa shape index (κ1) is 25.7. The lowest BCUT2D eigenvalue weighted by Crippen LogP contribution is -2.59. The summed E-state index contributed by atoms with van der Waals surface area (Å²) < 4.78 is 102. The van der Waals surface area contributed by atoms with Gasteiger partial charge in [-0.15, -0.1) is 6.42 Å². The van der Waals surface area contributed by atoms with Gasteiger partial charge in [-0.25, -0.2) is 13.2 Å². The van der Waals surface area contributed by atoms with E-state index in [0.29, 0.717) is 18.1 Å². The number of terminal acetylenes is 1. The first-order valence-corrected chi connectivity index (χ1v) is 12.8. The summed E-state index contributed by atoms with van der Waals surface area (Å²) in [6.45, 7) is 6.96. The highest BCUT2D eigenvalue weighted by Crippen LogP contribution is 2.89. The molecular weight excluding hydrogens is 476 g/mol. The molecule has 1 spiro atoms. The first-order valence-electron chi connectivity index (χ1n) is 11.3. The molecule has 0 aromatic carbocycles. The van der Waals surface area contributed by atoms with E-state index in [1.165, 1.54) is 12.8 Å². The van der Waals surface area contributed by atoms with Gasteiger partial charge in [-0.05, 0) is 92.1 Å². The fourth-order valence-corrected chi connectivity index (χ4v) is 7.51. The second-order valence-electron chi connectivity index (χ2n) is 10.7. The van der Waals surface area contributed by atoms with Gasteiger partial charge in [-0.1, -0.05) is 13.2 Å². The van der Waals surface area contributed by atoms with Crippen molar-refractivity contribution in [1.82, 2.24) is 0 Å². The number of hydrogen-bond donors (Lipinski definition) is 1. The molecule has 10 heteroatoms. The molecule has 4 saturated carbocycles. The number of halogens is 4. The Morgan fingerprint density at radius 2 is 1.85 bits per heavy atom. The molecule has 4 fully saturated rings. The van der Waals surface area contributed by atoms with Crippen molar-refractivity contribution in [3.05, 3.63) is 25.3 Å². The lowest BCUT2D eigenvalue weighted by Gasteiger charge is -2.63. The molecule has 1 N–H and O–H groups in total. The van der Waals surface area contributed by atoms with Crippen LogP contribution in [0.25, 0.3) is 0 Å². The zero-order valence-electron chi connectivity index (χ0n) is 19.0. The van der Waals surface area contributed by atoms with E-state index in [1.807, 2.05) is 0 Å². The van der Waals surface area contributed by atoms with E-state index >= 15 is 13.2 Å². The van der Waals surface area contributed by atoms with Gasteiger partial charge in [-0.3, -0.25) is 9.29 Å². The van der Waals surface area contributed by atoms with E-state index in [4.69, 9.17) is 15.7 Å². The third kappa shape index (κ3) is 3.26. The van der Waals surface area contributed by atoms with Crippen LogP contribution in [0.3, 0.4) is 0 Å². The summed E-state index contributed by atoms with van der Waals surface area (Å²) in [5.41, 5.74) is -2.40. The minimum Gasteiger partial charge on any atom is -0.381 e. The van der Waals surface area contributed by atoms with Gasteiger partial charge in [0.15, 0.2) is 5.67 Å². The molecule has 0 bridgehead atoms. The Morgan fingerprint density at radius 1 is 1.18 bits per heavy atom. The third-order valence-electron chi connectivity index (χ3n) is 8.90. The summed E-state index contributed by atoms with van der Waals surface area (Å²) >= 11 is 0. The van der Waals surface area contributed by atoms with Crippen molar-refractivity contribution in [2.75, 3.05) is 13.2 Å². The van der Waals surface area contributed by atoms with Crippen molar-refractivity contribution >= 4 is 10.1 Å². The van der Waals surface area contributed by atoms with Crippen LogP contribution in [0.5, 0.6) is 0 Å². The van der Waals surface area contributed by atoms with Crippen LogP contribution in [0.4, 0.5) is 17.6 Å². The summed E-state index contributed by atoms with van der Waals surface area (Å²) in [4.78, 5) is 0. The average Bonchev–Trinajstić information content (AvgIpc) is 3.42. The van der Waals surface area contributed by atoms with Gasteiger partial charge in [-0.2, -0.15) is 12.8 Å². The Hall–Kier alpha value is -1.41. The smallest absolute Gasteiger partial charge is 0.326 e. The zero-order chi connectivity index (χ0) is 25.4. The molecule has 0 radical (unpaired) electrons. The normalized spacial score (nSPS) is 39.9. The predicted octanol–water partition coefficient (Wildman–Crippen LogP) is 4.85. The van der Waals surface area contributed by atoms with Crippen LogP contribution in [0, 0.1) is 40.9 Å². The van der Waals surface area contributed by atoms with E-state index in [-0.39, 0.29) is 31.4 Å². The van der Waals surface area contributed by atoms with Crippen molar-refractivity contribution in [3.63, 3.8) is 0 Å². The van der Waals surface area contributed by atoms with E-state index in [1.54, 1.807) is 0 Å². The van der Waals surface area contributed by atoms with Crippen molar-refractivity contribution in [3.8, 4) is 12.3 Å². The highest BCUT2D eigenvalue weighted by molar-refractivity contribution is 7.87. The maximum absolute atomic E-state index is 15.6. The first-order chi connectivity index (χ1) is 15.6. The summed E-state index contributed by atoms with van der Waals surface area (Å²) in [6, 6.07) is 0. The summed E-state index contributed by atoms with van der Waals surface area (Å²) in [5, 5.41) is -4.30. The third-order valence-corrected chi connectivity index (χ3v) is 10.1. The molecule has 4 aliphatic rings. The molecule has 0 aromatic rings. The van der Waals surface area contributed by atoms with Crippen molar-refractivity contribution in [2.45, 2.75) is 67.8 Å². The molecule has 0 saturated heterocycles. The Morgan fingerprint density at radius 3 is 2.38 bits per heavy atom. The van der Waals surface area contributed by atoms with E-state index in [0.717, 1.165) is 36.5 Å². The van der Waals surface area contributed by atoms with Crippen molar-refractivity contribution in [1.29, 1.82) is 0 Å². The monoisotopic (exact) mass is 506 g/mol. The van der Waals surface area contributed by atoms with Crippen LogP contribution in [0.15, 0.2) is 25.3 Å². The fourth-order valence-electron chi connectivity index (χ4n) is 7.08. The van der Waals surface area contributed by atoms with Crippen LogP contribution in [-0.2, 0) is 19.6 Å². The highest BCUT2D eigenvalue weighted by Gasteiger charge is 2.83. The molecule has 4 rings (SSSR count). The minimum absolute atomic E-state index is 0.0231. The van der Waals surface area contributed by atoms with Crippen LogP contribution >= 0.6 is 0 Å². The molecule has 5 nitrogen and oxygen atoms in total. The topological polar surface area (TPSA) is 72.8 Å². The number of rotatable bonds is 13. The SMILES string of the molecule is C#CC(F)(OC(F)(C=C)C(F)(C=C)CCCOCC12CC3CC4(CC4C1)C32)C(C)(F)S(=O)(=O)O. The van der Waals surface area contributed by atoms with Gasteiger partial charge < -0.3 is 4.74 Å². The maximum Gasteiger partial charge on any atom is 0.326 e. The van der Waals surface area contributed by atoms with Crippen LogP contribution in [-0.4, -0.2) is 48.6 Å². The van der Waals surface area contributed by atoms with Gasteiger partial charge in [0.2, 0.25) is 0 Å². The molecule has 0 aromatic heterocycles. The number of alkyl halides is 4. The molecule has 0 amide bonds. The molecule has 190 valence electrons. The van der Waals surface area contributed by atoms with Gasteiger partial charge in [0.1, 0.15) is 0 Å². The van der Waals surface area contributed by atoms with Crippen molar-refractivity contribution < 1.29 is 40.0 Å². The van der Waals surface area contributed by atoms with E-state index in [9.17, 15) is 12.8 Å². The lowest BCUT2D eigenvalue weighted by atomic mass is 9.42. The molecule has 0 aliphatic heterocycles. The maximum atomic E-state index is 15.6. The summed E-state index contributed by atoms with van der Waals surface area (Å²) in [7, 11) is -5.82. The van der Waals surface area contributed by atoms with E-state index in [2.05, 4.69) is 17.9 Å². The van der Waals surface area contributed by atoms with Gasteiger partial charge in [0.25, 0.3) is 5.85 Å². The average molecular weight is 507 g/mol. The second-order valence-corrected chi connectivity index (χ2v) is 12.4. The highest BCUT2D eigenvalue weighted by atomic mass is 32.2. The van der Waals surface area contributed by atoms with Crippen LogP contribution in [0.2, 0.25) is 0 Å². The van der Waals surface area contributed by atoms with Crippen molar-refractivity contribution in [2.24, 2.45) is 28.6 Å². The fraction of sp³-hybridized carbons (Fsp3) is 0.750. The Kier molecular flexibility index (Phi) is 5.70. The van der Waals surface area contributed by atoms with E-state index < -0.39 is 38.9 Å². The Labute approximate surface area is 197 Å². The molecule has 4 aliphatic carbocycles. The molecule has 34 heavy (non-hydrogen) atoms. The van der Waals surface area contributed by atoms with Gasteiger partial charge in [0.05, 0.1) is 6.61 Å². The minimum atomic E-state index is -5.82. The van der Waals surface area contributed by atoms with Crippen LogP contribution in [0.1, 0.15) is 45.4 Å². The predicted molar refractivity (Wildman–Crippen MR) is 117 cm³/mol. The van der Waals surface area contributed by atoms with Gasteiger partial charge in [0, 0.05) is 6.61 Å². The molecule has 9 unspecified atom stereocenters. The Balaban J connectivity index is 1.37. The van der Waals surface area contributed by atoms with Gasteiger partial charge >= 0.3 is 21.0 Å². The largest absolute Gasteiger partial charge is 0.381 e. The lowest BCUT2D eigenvalue weighted by molar-refractivity contribution is -0.289. The van der Waals surface area contributed by atoms with Crippen LogP contribution < -0.4 is 0 Å². The number of hydrogen-bond acceptors (Lipinski definition) is 4.